The summed E-state index contributed by atoms with van der Waals surface area (Å²) >= 11 is 0. The van der Waals surface area contributed by atoms with Crippen LogP contribution >= 0.6 is 0 Å². The Labute approximate surface area is 146 Å². The summed E-state index contributed by atoms with van der Waals surface area (Å²) in [5.74, 6) is -1.30. The van der Waals surface area contributed by atoms with Gasteiger partial charge in [-0.15, -0.1) is 10.2 Å². The van der Waals surface area contributed by atoms with Gasteiger partial charge in [-0.2, -0.15) is 4.31 Å². The van der Waals surface area contributed by atoms with Gasteiger partial charge in [0.15, 0.2) is 0 Å². The van der Waals surface area contributed by atoms with Crippen molar-refractivity contribution in [1.82, 2.24) is 19.1 Å². The molecule has 0 amide bonds. The van der Waals surface area contributed by atoms with Gasteiger partial charge in [-0.05, 0) is 18.8 Å². The number of rotatable bonds is 5. The molecule has 3 rings (SSSR count). The SMILES string of the molecule is CS(=O)(=O)N(Cc1nnc2n1CCOCC2)CC1CCC(F)(F)CC1. The quantitative estimate of drug-likeness (QED) is 0.775. The lowest BCUT2D eigenvalue weighted by Gasteiger charge is -2.31. The topological polar surface area (TPSA) is 77.3 Å². The average molecular weight is 378 g/mol. The first kappa shape index (κ1) is 18.7. The molecule has 1 saturated carbocycles. The maximum atomic E-state index is 13.3. The Morgan fingerprint density at radius 3 is 2.68 bits per heavy atom. The van der Waals surface area contributed by atoms with E-state index in [1.807, 2.05) is 4.57 Å². The fourth-order valence-corrected chi connectivity index (χ4v) is 4.23. The van der Waals surface area contributed by atoms with Crippen molar-refractivity contribution in [3.63, 3.8) is 0 Å². The van der Waals surface area contributed by atoms with Crippen LogP contribution in [0.15, 0.2) is 0 Å². The van der Waals surface area contributed by atoms with Crippen molar-refractivity contribution >= 4 is 10.0 Å². The summed E-state index contributed by atoms with van der Waals surface area (Å²) in [5.41, 5.74) is 0. The van der Waals surface area contributed by atoms with Crippen LogP contribution in [0.5, 0.6) is 0 Å². The van der Waals surface area contributed by atoms with Crippen LogP contribution in [0.2, 0.25) is 0 Å². The van der Waals surface area contributed by atoms with Crippen molar-refractivity contribution in [2.75, 3.05) is 26.0 Å². The second kappa shape index (κ2) is 7.24. The summed E-state index contributed by atoms with van der Waals surface area (Å²) in [7, 11) is -3.47. The van der Waals surface area contributed by atoms with Crippen molar-refractivity contribution in [1.29, 1.82) is 0 Å². The highest BCUT2D eigenvalue weighted by atomic mass is 32.2. The Bertz CT molecular complexity index is 698. The van der Waals surface area contributed by atoms with Gasteiger partial charge < -0.3 is 9.30 Å². The molecule has 0 unspecified atom stereocenters. The molecular weight excluding hydrogens is 354 g/mol. The fraction of sp³-hybridized carbons (Fsp3) is 0.867. The largest absolute Gasteiger partial charge is 0.379 e. The number of alkyl halides is 2. The second-order valence-electron chi connectivity index (χ2n) is 6.90. The number of aromatic nitrogens is 3. The molecular formula is C15H24F2N4O3S. The Kier molecular flexibility index (Phi) is 5.40. The van der Waals surface area contributed by atoms with Gasteiger partial charge in [-0.1, -0.05) is 0 Å². The molecule has 2 heterocycles. The molecule has 0 atom stereocenters. The van der Waals surface area contributed by atoms with Crippen LogP contribution in [0.4, 0.5) is 8.78 Å². The first-order valence-corrected chi connectivity index (χ1v) is 10.4. The lowest BCUT2D eigenvalue weighted by Crippen LogP contribution is -2.37. The van der Waals surface area contributed by atoms with E-state index in [1.54, 1.807) is 0 Å². The molecule has 1 aliphatic heterocycles. The Balaban J connectivity index is 1.71. The van der Waals surface area contributed by atoms with Crippen LogP contribution in [0.25, 0.3) is 0 Å². The molecule has 1 aromatic rings. The third-order valence-electron chi connectivity index (χ3n) is 4.92. The van der Waals surface area contributed by atoms with E-state index < -0.39 is 15.9 Å². The number of halogens is 2. The summed E-state index contributed by atoms with van der Waals surface area (Å²) in [5, 5.41) is 8.27. The van der Waals surface area contributed by atoms with Gasteiger partial charge in [0.2, 0.25) is 15.9 Å². The lowest BCUT2D eigenvalue weighted by molar-refractivity contribution is -0.0471. The minimum Gasteiger partial charge on any atom is -0.379 e. The molecule has 0 radical (unpaired) electrons. The molecule has 0 bridgehead atoms. The van der Waals surface area contributed by atoms with Gasteiger partial charge in [0.1, 0.15) is 11.6 Å². The monoisotopic (exact) mass is 378 g/mol. The van der Waals surface area contributed by atoms with E-state index in [1.165, 1.54) is 4.31 Å². The molecule has 0 aromatic carbocycles. The van der Waals surface area contributed by atoms with E-state index in [4.69, 9.17) is 4.74 Å². The summed E-state index contributed by atoms with van der Waals surface area (Å²) in [6.45, 7) is 2.05. The zero-order valence-corrected chi connectivity index (χ0v) is 15.1. The van der Waals surface area contributed by atoms with E-state index in [9.17, 15) is 17.2 Å². The highest BCUT2D eigenvalue weighted by Crippen LogP contribution is 2.36. The molecule has 10 heteroatoms. The Morgan fingerprint density at radius 2 is 2.00 bits per heavy atom. The molecule has 7 nitrogen and oxygen atoms in total. The molecule has 142 valence electrons. The van der Waals surface area contributed by atoms with Gasteiger partial charge >= 0.3 is 0 Å². The predicted octanol–water partition coefficient (Wildman–Crippen LogP) is 1.44. The van der Waals surface area contributed by atoms with E-state index in [0.717, 1.165) is 12.1 Å². The minimum atomic E-state index is -3.47. The summed E-state index contributed by atoms with van der Waals surface area (Å²) in [4.78, 5) is 0. The number of fused-ring (bicyclic) bond motifs is 1. The van der Waals surface area contributed by atoms with Crippen LogP contribution in [0, 0.1) is 5.92 Å². The van der Waals surface area contributed by atoms with Crippen LogP contribution in [0.1, 0.15) is 37.3 Å². The van der Waals surface area contributed by atoms with Crippen molar-refractivity contribution in [3.05, 3.63) is 11.6 Å². The van der Waals surface area contributed by atoms with Crippen LogP contribution in [0.3, 0.4) is 0 Å². The predicted molar refractivity (Wildman–Crippen MR) is 86.7 cm³/mol. The smallest absolute Gasteiger partial charge is 0.248 e. The minimum absolute atomic E-state index is 0.0517. The van der Waals surface area contributed by atoms with Crippen LogP contribution in [-0.4, -0.2) is 59.4 Å². The maximum Gasteiger partial charge on any atom is 0.248 e. The summed E-state index contributed by atoms with van der Waals surface area (Å²) in [6.07, 6.45) is 2.12. The molecule has 1 fully saturated rings. The fourth-order valence-electron chi connectivity index (χ4n) is 3.40. The highest BCUT2D eigenvalue weighted by molar-refractivity contribution is 7.88. The van der Waals surface area contributed by atoms with Gasteiger partial charge in [0.25, 0.3) is 0 Å². The van der Waals surface area contributed by atoms with Crippen molar-refractivity contribution in [2.24, 2.45) is 5.92 Å². The third kappa shape index (κ3) is 4.73. The zero-order chi connectivity index (χ0) is 18.1. The van der Waals surface area contributed by atoms with Crippen molar-refractivity contribution in [3.8, 4) is 0 Å². The van der Waals surface area contributed by atoms with E-state index in [2.05, 4.69) is 10.2 Å². The summed E-state index contributed by atoms with van der Waals surface area (Å²) in [6, 6.07) is 0. The molecule has 0 N–H and O–H groups in total. The van der Waals surface area contributed by atoms with Gasteiger partial charge in [-0.25, -0.2) is 17.2 Å². The zero-order valence-electron chi connectivity index (χ0n) is 14.3. The second-order valence-corrected chi connectivity index (χ2v) is 8.88. The van der Waals surface area contributed by atoms with Crippen LogP contribution < -0.4 is 0 Å². The first-order valence-electron chi connectivity index (χ1n) is 8.56. The Hall–Kier alpha value is -1.13. The van der Waals surface area contributed by atoms with E-state index >= 15 is 0 Å². The van der Waals surface area contributed by atoms with Crippen molar-refractivity contribution < 1.29 is 21.9 Å². The number of hydrogen-bond donors (Lipinski definition) is 0. The highest BCUT2D eigenvalue weighted by Gasteiger charge is 2.36. The lowest BCUT2D eigenvalue weighted by atomic mass is 9.87. The Morgan fingerprint density at radius 1 is 1.28 bits per heavy atom. The number of nitrogens with zero attached hydrogens (tertiary/aromatic N) is 4. The number of ether oxygens (including phenoxy) is 1. The van der Waals surface area contributed by atoms with Gasteiger partial charge in [0.05, 0.1) is 26.0 Å². The van der Waals surface area contributed by atoms with Crippen LogP contribution in [-0.2, 0) is 34.3 Å². The normalized spacial score (nSPS) is 21.9. The number of hydrogen-bond acceptors (Lipinski definition) is 5. The average Bonchev–Trinajstić information content (AvgIpc) is 2.75. The molecule has 0 saturated heterocycles. The van der Waals surface area contributed by atoms with E-state index in [-0.39, 0.29) is 31.8 Å². The van der Waals surface area contributed by atoms with Gasteiger partial charge in [0, 0.05) is 32.4 Å². The summed E-state index contributed by atoms with van der Waals surface area (Å²) < 4.78 is 59.7. The first-order chi connectivity index (χ1) is 11.7. The molecule has 1 aliphatic carbocycles. The van der Waals surface area contributed by atoms with E-state index in [0.29, 0.717) is 44.8 Å². The molecule has 2 aliphatic rings. The third-order valence-corrected chi connectivity index (χ3v) is 6.13. The molecule has 0 spiro atoms. The standard InChI is InChI=1S/C15H24F2N4O3S/c1-25(22,23)20(10-12-2-5-15(16,17)6-3-12)11-14-19-18-13-4-8-24-9-7-21(13)14/h12H,2-11H2,1H3. The van der Waals surface area contributed by atoms with Crippen molar-refractivity contribution in [2.45, 2.75) is 51.1 Å². The molecule has 1 aromatic heterocycles. The molecule has 25 heavy (non-hydrogen) atoms. The van der Waals surface area contributed by atoms with Gasteiger partial charge in [-0.3, -0.25) is 0 Å². The maximum absolute atomic E-state index is 13.3. The number of sulfonamides is 1.